The molecule has 1 heterocycles. The zero-order valence-electron chi connectivity index (χ0n) is 20.0. The number of carbonyl (C=O) groups is 2. The number of hydrogen-bond donors (Lipinski definition) is 0. The average Bonchev–Trinajstić information content (AvgIpc) is 2.97. The van der Waals surface area contributed by atoms with E-state index in [1.165, 1.54) is 56.7 Å². The number of rotatable bonds is 13. The Bertz CT molecular complexity index is 653. The van der Waals surface area contributed by atoms with Gasteiger partial charge in [0.15, 0.2) is 0 Å². The third-order valence-corrected chi connectivity index (χ3v) is 25.7. The van der Waals surface area contributed by atoms with Crippen LogP contribution in [-0.2, 0) is 9.59 Å². The first-order chi connectivity index (χ1) is 14.4. The molecule has 1 aliphatic rings. The summed E-state index contributed by atoms with van der Waals surface area (Å²) < 4.78 is 5.03. The van der Waals surface area contributed by atoms with Crippen molar-refractivity contribution in [3.63, 3.8) is 0 Å². The number of benzene rings is 1. The molecule has 0 radical (unpaired) electrons. The van der Waals surface area contributed by atoms with Gasteiger partial charge in [-0.2, -0.15) is 0 Å². The quantitative estimate of drug-likeness (QED) is 0.200. The van der Waals surface area contributed by atoms with Crippen LogP contribution < -0.4 is 4.90 Å². The molecule has 4 heteroatoms. The second kappa shape index (κ2) is 12.3. The van der Waals surface area contributed by atoms with Crippen molar-refractivity contribution in [2.24, 2.45) is 11.8 Å². The van der Waals surface area contributed by atoms with Crippen LogP contribution in [0.3, 0.4) is 0 Å². The van der Waals surface area contributed by atoms with Gasteiger partial charge in [-0.25, -0.2) is 0 Å². The maximum absolute atomic E-state index is 13.4. The minimum absolute atomic E-state index is 0.0140. The summed E-state index contributed by atoms with van der Waals surface area (Å²) in [7, 11) is 0. The molecule has 0 N–H and O–H groups in total. The molecule has 1 aliphatic heterocycles. The van der Waals surface area contributed by atoms with E-state index in [1.807, 2.05) is 37.3 Å². The number of para-hydroxylation sites is 1. The molecular formula is C26H43NO2Sn. The van der Waals surface area contributed by atoms with Crippen molar-refractivity contribution in [3.05, 3.63) is 30.3 Å². The fourth-order valence-electron chi connectivity index (χ4n) is 5.33. The van der Waals surface area contributed by atoms with Crippen molar-refractivity contribution in [1.82, 2.24) is 0 Å². The fourth-order valence-corrected chi connectivity index (χ4v) is 22.9. The normalized spacial score (nSPS) is 20.8. The summed E-state index contributed by atoms with van der Waals surface area (Å²) in [5, 5.41) is 0. The van der Waals surface area contributed by atoms with Crippen LogP contribution in [0.4, 0.5) is 5.69 Å². The summed E-state index contributed by atoms with van der Waals surface area (Å²) in [5.74, 6) is -0.326. The summed E-state index contributed by atoms with van der Waals surface area (Å²) >= 11 is -2.41. The SMILES string of the molecule is CCC[CH2][Sn]([CH2]CCC)([CH2]CCC)[CH](C)CC1C(=O)N(c2ccccc2)C(=O)C1C. The minimum atomic E-state index is -2.41. The molecule has 3 nitrogen and oxygen atoms in total. The molecule has 1 fully saturated rings. The van der Waals surface area contributed by atoms with Crippen LogP contribution in [0.2, 0.25) is 17.2 Å². The Morgan fingerprint density at radius 1 is 0.867 bits per heavy atom. The van der Waals surface area contributed by atoms with E-state index in [2.05, 4.69) is 27.7 Å². The molecule has 0 saturated carbocycles. The van der Waals surface area contributed by atoms with E-state index in [0.29, 0.717) is 3.93 Å². The summed E-state index contributed by atoms with van der Waals surface area (Å²) in [6.45, 7) is 11.3. The van der Waals surface area contributed by atoms with Gasteiger partial charge in [0.1, 0.15) is 0 Å². The van der Waals surface area contributed by atoms with Crippen molar-refractivity contribution in [2.75, 3.05) is 4.90 Å². The summed E-state index contributed by atoms with van der Waals surface area (Å²) in [6, 6.07) is 9.48. The molecule has 3 unspecified atom stereocenters. The average molecular weight is 520 g/mol. The number of imide groups is 1. The monoisotopic (exact) mass is 521 g/mol. The van der Waals surface area contributed by atoms with E-state index in [1.54, 1.807) is 0 Å². The van der Waals surface area contributed by atoms with Crippen LogP contribution >= 0.6 is 0 Å². The number of unbranched alkanes of at least 4 members (excludes halogenated alkanes) is 3. The van der Waals surface area contributed by atoms with Gasteiger partial charge >= 0.3 is 189 Å². The fraction of sp³-hybridized carbons (Fsp3) is 0.692. The Hall–Kier alpha value is -0.841. The maximum atomic E-state index is 13.4. The van der Waals surface area contributed by atoms with Crippen molar-refractivity contribution in [3.8, 4) is 0 Å². The van der Waals surface area contributed by atoms with Gasteiger partial charge in [-0.05, 0) is 0 Å². The third-order valence-electron chi connectivity index (χ3n) is 7.50. The molecule has 0 spiro atoms. The topological polar surface area (TPSA) is 37.4 Å². The van der Waals surface area contributed by atoms with Crippen LogP contribution in [0.15, 0.2) is 30.3 Å². The van der Waals surface area contributed by atoms with E-state index in [9.17, 15) is 9.59 Å². The molecule has 30 heavy (non-hydrogen) atoms. The van der Waals surface area contributed by atoms with Gasteiger partial charge in [-0.1, -0.05) is 0 Å². The van der Waals surface area contributed by atoms with Gasteiger partial charge in [0.25, 0.3) is 0 Å². The van der Waals surface area contributed by atoms with E-state index < -0.39 is 18.4 Å². The zero-order chi connectivity index (χ0) is 22.1. The van der Waals surface area contributed by atoms with Gasteiger partial charge in [0.2, 0.25) is 0 Å². The van der Waals surface area contributed by atoms with Crippen molar-refractivity contribution >= 4 is 35.9 Å². The Morgan fingerprint density at radius 2 is 1.37 bits per heavy atom. The molecule has 1 aromatic carbocycles. The van der Waals surface area contributed by atoms with Gasteiger partial charge in [-0.3, -0.25) is 0 Å². The second-order valence-corrected chi connectivity index (χ2v) is 24.4. The molecule has 2 rings (SSSR count). The van der Waals surface area contributed by atoms with Crippen LogP contribution in [0.1, 0.15) is 79.6 Å². The van der Waals surface area contributed by atoms with Crippen LogP contribution in [0.5, 0.6) is 0 Å². The molecule has 0 aromatic heterocycles. The standard InChI is InChI=1S/C14H16NO2.3C4H9.Sn/c1-3-7-12-10(2)13(16)15(14(12)17)11-8-5-4-6-9-11;3*1-3-4-2;/h3-6,8-10,12H,7H2,1-2H3;3*1,3-4H2,2H3;. The van der Waals surface area contributed by atoms with Gasteiger partial charge < -0.3 is 0 Å². The molecule has 0 aliphatic carbocycles. The van der Waals surface area contributed by atoms with Crippen molar-refractivity contribution in [2.45, 2.75) is 96.8 Å². The number of carbonyl (C=O) groups excluding carboxylic acids is 2. The van der Waals surface area contributed by atoms with Crippen LogP contribution in [-0.4, -0.2) is 30.2 Å². The van der Waals surface area contributed by atoms with Gasteiger partial charge in [0.05, 0.1) is 0 Å². The molecule has 0 bridgehead atoms. The van der Waals surface area contributed by atoms with Crippen molar-refractivity contribution in [1.29, 1.82) is 0 Å². The summed E-state index contributed by atoms with van der Waals surface area (Å²) in [6.07, 6.45) is 8.75. The van der Waals surface area contributed by atoms with Crippen LogP contribution in [0, 0.1) is 11.8 Å². The van der Waals surface area contributed by atoms with E-state index in [-0.39, 0.29) is 23.7 Å². The van der Waals surface area contributed by atoms with E-state index >= 15 is 0 Å². The zero-order valence-corrected chi connectivity index (χ0v) is 22.8. The van der Waals surface area contributed by atoms with Gasteiger partial charge in [0, 0.05) is 0 Å². The summed E-state index contributed by atoms with van der Waals surface area (Å²) in [5.41, 5.74) is 0.729. The predicted molar refractivity (Wildman–Crippen MR) is 131 cm³/mol. The molecule has 1 aromatic rings. The first-order valence-electron chi connectivity index (χ1n) is 12.3. The molecular weight excluding hydrogens is 477 g/mol. The third kappa shape index (κ3) is 5.89. The Kier molecular flexibility index (Phi) is 10.4. The molecule has 3 atom stereocenters. The number of hydrogen-bond acceptors (Lipinski definition) is 2. The number of nitrogens with zero attached hydrogens (tertiary/aromatic N) is 1. The Labute approximate surface area is 188 Å². The Balaban J connectivity index is 2.24. The number of amides is 2. The first-order valence-corrected chi connectivity index (χ1v) is 20.0. The molecule has 1 saturated heterocycles. The van der Waals surface area contributed by atoms with Crippen molar-refractivity contribution < 1.29 is 9.59 Å². The van der Waals surface area contributed by atoms with E-state index in [4.69, 9.17) is 0 Å². The predicted octanol–water partition coefficient (Wildman–Crippen LogP) is 7.44. The number of anilines is 1. The van der Waals surface area contributed by atoms with E-state index in [0.717, 1.165) is 12.1 Å². The molecule has 168 valence electrons. The molecule has 2 amide bonds. The first kappa shape index (κ1) is 25.4. The summed E-state index contributed by atoms with van der Waals surface area (Å²) in [4.78, 5) is 27.8. The van der Waals surface area contributed by atoms with Gasteiger partial charge in [-0.15, -0.1) is 0 Å². The second-order valence-electron chi connectivity index (χ2n) is 9.55. The van der Waals surface area contributed by atoms with Crippen LogP contribution in [0.25, 0.3) is 0 Å². The Morgan fingerprint density at radius 3 is 1.83 bits per heavy atom.